The van der Waals surface area contributed by atoms with E-state index >= 15 is 0 Å². The van der Waals surface area contributed by atoms with Crippen LogP contribution in [0, 0.1) is 0 Å². The molecular formula is C7H14O5. The van der Waals surface area contributed by atoms with Crippen LogP contribution in [-0.4, -0.2) is 53.1 Å². The van der Waals surface area contributed by atoms with Gasteiger partial charge in [0.25, 0.3) is 0 Å². The maximum Gasteiger partial charge on any atom is 0.186 e. The molecule has 3 N–H and O–H groups in total. The normalized spacial score (nSPS) is 49.2. The molecule has 0 radical (unpaired) electrons. The van der Waals surface area contributed by atoms with Gasteiger partial charge in [-0.1, -0.05) is 0 Å². The average molecular weight is 178 g/mol. The van der Waals surface area contributed by atoms with Gasteiger partial charge >= 0.3 is 0 Å². The van der Waals surface area contributed by atoms with Crippen LogP contribution >= 0.6 is 0 Å². The highest BCUT2D eigenvalue weighted by molar-refractivity contribution is 4.86. The molecule has 0 aromatic carbocycles. The van der Waals surface area contributed by atoms with Crippen LogP contribution in [-0.2, 0) is 9.47 Å². The van der Waals surface area contributed by atoms with Crippen LogP contribution in [0.15, 0.2) is 0 Å². The lowest BCUT2D eigenvalue weighted by molar-refractivity contribution is -0.286. The molecule has 0 spiro atoms. The molecule has 1 rings (SSSR count). The van der Waals surface area contributed by atoms with E-state index in [1.165, 1.54) is 7.11 Å². The van der Waals surface area contributed by atoms with Crippen molar-refractivity contribution in [1.82, 2.24) is 0 Å². The van der Waals surface area contributed by atoms with E-state index in [0.717, 1.165) is 0 Å². The molecular weight excluding hydrogens is 164 g/mol. The number of hydrogen-bond acceptors (Lipinski definition) is 5. The van der Waals surface area contributed by atoms with Crippen molar-refractivity contribution >= 4 is 0 Å². The van der Waals surface area contributed by atoms with Crippen LogP contribution in [0.4, 0.5) is 0 Å². The Kier molecular flexibility index (Phi) is 3.03. The maximum atomic E-state index is 9.27. The molecule has 0 amide bonds. The standard InChI is InChI=1S/C7H14O5/c1-3-4(8)5(9)6(10)7(11-2)12-3/h3-10H,1-2H3/t3-,4?,5-,6-,7?/m0/s1. The van der Waals surface area contributed by atoms with Gasteiger partial charge in [0.15, 0.2) is 6.29 Å². The van der Waals surface area contributed by atoms with Crippen LogP contribution in [0.1, 0.15) is 6.92 Å². The molecule has 0 bridgehead atoms. The molecule has 0 aromatic rings. The fraction of sp³-hybridized carbons (Fsp3) is 1.00. The number of methoxy groups -OCH3 is 1. The average Bonchev–Trinajstić information content (AvgIpc) is 2.08. The Morgan fingerprint density at radius 2 is 1.67 bits per heavy atom. The van der Waals surface area contributed by atoms with Crippen molar-refractivity contribution in [2.45, 2.75) is 37.6 Å². The zero-order chi connectivity index (χ0) is 9.30. The van der Waals surface area contributed by atoms with Gasteiger partial charge in [0.2, 0.25) is 0 Å². The first-order chi connectivity index (χ1) is 5.57. The minimum absolute atomic E-state index is 0.534. The highest BCUT2D eigenvalue weighted by Crippen LogP contribution is 2.20. The second-order valence-corrected chi connectivity index (χ2v) is 2.92. The molecule has 5 nitrogen and oxygen atoms in total. The topological polar surface area (TPSA) is 79.2 Å². The smallest absolute Gasteiger partial charge is 0.186 e. The fourth-order valence-electron chi connectivity index (χ4n) is 1.21. The Labute approximate surface area is 70.5 Å². The number of ether oxygens (including phenoxy) is 2. The summed E-state index contributed by atoms with van der Waals surface area (Å²) in [7, 11) is 1.37. The quantitative estimate of drug-likeness (QED) is 0.453. The zero-order valence-corrected chi connectivity index (χ0v) is 7.04. The van der Waals surface area contributed by atoms with Gasteiger partial charge in [-0.3, -0.25) is 0 Å². The lowest BCUT2D eigenvalue weighted by Gasteiger charge is -2.38. The van der Waals surface area contributed by atoms with Gasteiger partial charge in [-0.15, -0.1) is 0 Å². The maximum absolute atomic E-state index is 9.27. The largest absolute Gasteiger partial charge is 0.388 e. The van der Waals surface area contributed by atoms with Crippen LogP contribution in [0.25, 0.3) is 0 Å². The summed E-state index contributed by atoms with van der Waals surface area (Å²) in [4.78, 5) is 0. The van der Waals surface area contributed by atoms with Crippen LogP contribution < -0.4 is 0 Å². The molecule has 72 valence electrons. The predicted octanol–water partition coefficient (Wildman–Crippen LogP) is -1.54. The molecule has 5 heteroatoms. The number of aliphatic hydroxyl groups is 3. The second-order valence-electron chi connectivity index (χ2n) is 2.92. The molecule has 1 heterocycles. The van der Waals surface area contributed by atoms with E-state index in [2.05, 4.69) is 0 Å². The van der Waals surface area contributed by atoms with Crippen LogP contribution in [0.2, 0.25) is 0 Å². The second kappa shape index (κ2) is 3.68. The summed E-state index contributed by atoms with van der Waals surface area (Å²) >= 11 is 0. The van der Waals surface area contributed by atoms with E-state index in [9.17, 15) is 15.3 Å². The van der Waals surface area contributed by atoms with E-state index in [1.54, 1.807) is 6.92 Å². The SMILES string of the molecule is COC1O[C@@H](C)C(O)[C@H](O)[C@@H]1O. The Bertz CT molecular complexity index is 146. The van der Waals surface area contributed by atoms with Crippen molar-refractivity contribution in [1.29, 1.82) is 0 Å². The number of rotatable bonds is 1. The van der Waals surface area contributed by atoms with Crippen LogP contribution in [0.5, 0.6) is 0 Å². The van der Waals surface area contributed by atoms with Crippen molar-refractivity contribution in [3.05, 3.63) is 0 Å². The van der Waals surface area contributed by atoms with Crippen molar-refractivity contribution in [2.24, 2.45) is 0 Å². The van der Waals surface area contributed by atoms with Crippen molar-refractivity contribution in [2.75, 3.05) is 7.11 Å². The minimum atomic E-state index is -1.21. The van der Waals surface area contributed by atoms with Gasteiger partial charge in [0.1, 0.15) is 18.3 Å². The summed E-state index contributed by atoms with van der Waals surface area (Å²) in [5.74, 6) is 0. The Hall–Kier alpha value is -0.200. The minimum Gasteiger partial charge on any atom is -0.388 e. The third-order valence-electron chi connectivity index (χ3n) is 2.04. The van der Waals surface area contributed by atoms with Crippen molar-refractivity contribution < 1.29 is 24.8 Å². The molecule has 2 unspecified atom stereocenters. The van der Waals surface area contributed by atoms with Gasteiger partial charge in [-0.2, -0.15) is 0 Å². The van der Waals surface area contributed by atoms with E-state index < -0.39 is 30.7 Å². The van der Waals surface area contributed by atoms with Gasteiger partial charge < -0.3 is 24.8 Å². The van der Waals surface area contributed by atoms with Gasteiger partial charge in [0, 0.05) is 7.11 Å². The van der Waals surface area contributed by atoms with Gasteiger partial charge in [-0.05, 0) is 6.92 Å². The first kappa shape index (κ1) is 9.88. The Morgan fingerprint density at radius 1 is 1.08 bits per heavy atom. The zero-order valence-electron chi connectivity index (χ0n) is 7.04. The first-order valence-corrected chi connectivity index (χ1v) is 3.80. The monoisotopic (exact) mass is 178 g/mol. The summed E-state index contributed by atoms with van der Waals surface area (Å²) in [5.41, 5.74) is 0. The lowest BCUT2D eigenvalue weighted by Crippen LogP contribution is -2.57. The molecule has 12 heavy (non-hydrogen) atoms. The molecule has 0 saturated carbocycles. The fourth-order valence-corrected chi connectivity index (χ4v) is 1.21. The van der Waals surface area contributed by atoms with E-state index in [1.807, 2.05) is 0 Å². The first-order valence-electron chi connectivity index (χ1n) is 3.80. The molecule has 0 aliphatic carbocycles. The highest BCUT2D eigenvalue weighted by Gasteiger charge is 2.41. The summed E-state index contributed by atoms with van der Waals surface area (Å²) in [6.07, 6.45) is -4.86. The van der Waals surface area contributed by atoms with Crippen molar-refractivity contribution in [3.63, 3.8) is 0 Å². The molecule has 0 aromatic heterocycles. The highest BCUT2D eigenvalue weighted by atomic mass is 16.7. The summed E-state index contributed by atoms with van der Waals surface area (Å²) in [6.45, 7) is 1.60. The van der Waals surface area contributed by atoms with E-state index in [-0.39, 0.29) is 0 Å². The molecule has 1 fully saturated rings. The summed E-state index contributed by atoms with van der Waals surface area (Å²) in [5, 5.41) is 27.8. The molecule has 1 aliphatic heterocycles. The van der Waals surface area contributed by atoms with Crippen LogP contribution in [0.3, 0.4) is 0 Å². The summed E-state index contributed by atoms with van der Waals surface area (Å²) < 4.78 is 9.80. The summed E-state index contributed by atoms with van der Waals surface area (Å²) in [6, 6.07) is 0. The van der Waals surface area contributed by atoms with Gasteiger partial charge in [0.05, 0.1) is 6.10 Å². The van der Waals surface area contributed by atoms with Gasteiger partial charge in [-0.25, -0.2) is 0 Å². The molecule has 5 atom stereocenters. The molecule has 1 aliphatic rings. The third-order valence-corrected chi connectivity index (χ3v) is 2.04. The Morgan fingerprint density at radius 3 is 2.17 bits per heavy atom. The lowest BCUT2D eigenvalue weighted by atomic mass is 10.0. The number of hydrogen-bond donors (Lipinski definition) is 3. The van der Waals surface area contributed by atoms with E-state index in [4.69, 9.17) is 9.47 Å². The predicted molar refractivity (Wildman–Crippen MR) is 39.4 cm³/mol. The van der Waals surface area contributed by atoms with E-state index in [0.29, 0.717) is 0 Å². The van der Waals surface area contributed by atoms with Crippen molar-refractivity contribution in [3.8, 4) is 0 Å². The third kappa shape index (κ3) is 1.60. The Balaban J connectivity index is 2.63. The molecule has 1 saturated heterocycles. The number of aliphatic hydroxyl groups excluding tert-OH is 3.